The van der Waals surface area contributed by atoms with Crippen LogP contribution in [0.3, 0.4) is 0 Å². The van der Waals surface area contributed by atoms with Crippen LogP contribution in [0.1, 0.15) is 31.7 Å². The molecule has 3 rings (SSSR count). The first-order valence-corrected chi connectivity index (χ1v) is 7.18. The summed E-state index contributed by atoms with van der Waals surface area (Å²) in [6, 6.07) is 0. The molecule has 1 saturated heterocycles. The lowest BCUT2D eigenvalue weighted by Crippen LogP contribution is -2.79. The van der Waals surface area contributed by atoms with E-state index >= 15 is 0 Å². The highest BCUT2D eigenvalue weighted by Gasteiger charge is 2.71. The molecule has 1 aromatic heterocycles. The molecule has 7 nitrogen and oxygen atoms in total. The number of carbonyl (C=O) groups excluding carboxylic acids is 1. The maximum absolute atomic E-state index is 12.7. The summed E-state index contributed by atoms with van der Waals surface area (Å²) in [7, 11) is 0. The van der Waals surface area contributed by atoms with Crippen LogP contribution in [0.15, 0.2) is 0 Å². The van der Waals surface area contributed by atoms with E-state index in [4.69, 9.17) is 10.5 Å². The second-order valence-electron chi connectivity index (χ2n) is 6.54. The Hall–Kier alpha value is -1.60. The summed E-state index contributed by atoms with van der Waals surface area (Å²) in [5, 5.41) is 10.6. The third-order valence-electron chi connectivity index (χ3n) is 5.15. The molecule has 1 aliphatic carbocycles. The van der Waals surface area contributed by atoms with E-state index in [2.05, 4.69) is 20.5 Å². The van der Waals surface area contributed by atoms with E-state index in [1.807, 2.05) is 27.7 Å². The zero-order valence-corrected chi connectivity index (χ0v) is 12.8. The van der Waals surface area contributed by atoms with Crippen molar-refractivity contribution in [3.63, 3.8) is 0 Å². The maximum Gasteiger partial charge on any atom is 0.249 e. The van der Waals surface area contributed by atoms with Crippen LogP contribution in [0.2, 0.25) is 0 Å². The third-order valence-corrected chi connectivity index (χ3v) is 5.15. The molecule has 1 aliphatic heterocycles. The highest BCUT2D eigenvalue weighted by atomic mass is 16.5. The largest absolute Gasteiger partial charge is 0.377 e. The second kappa shape index (κ2) is 4.45. The van der Waals surface area contributed by atoms with Crippen molar-refractivity contribution in [3.8, 4) is 0 Å². The first kappa shape index (κ1) is 14.3. The minimum atomic E-state index is -0.962. The van der Waals surface area contributed by atoms with Crippen LogP contribution in [0.5, 0.6) is 0 Å². The molecule has 114 valence electrons. The SMILES string of the molecule is Cc1nnc(NC(=O)C2(N)C3CCOC3C2(C)C)nc1C. The predicted octanol–water partition coefficient (Wildman–Crippen LogP) is 0.569. The van der Waals surface area contributed by atoms with Gasteiger partial charge in [-0.15, -0.1) is 5.10 Å². The number of amides is 1. The number of nitrogens with zero attached hydrogens (tertiary/aromatic N) is 3. The van der Waals surface area contributed by atoms with Gasteiger partial charge in [-0.2, -0.15) is 5.10 Å². The fourth-order valence-electron chi connectivity index (χ4n) is 3.56. The first-order chi connectivity index (χ1) is 9.78. The van der Waals surface area contributed by atoms with Gasteiger partial charge in [-0.25, -0.2) is 4.98 Å². The predicted molar refractivity (Wildman–Crippen MR) is 76.5 cm³/mol. The fraction of sp³-hybridized carbons (Fsp3) is 0.714. The first-order valence-electron chi connectivity index (χ1n) is 7.18. The van der Waals surface area contributed by atoms with Gasteiger partial charge in [0.2, 0.25) is 11.9 Å². The molecule has 21 heavy (non-hydrogen) atoms. The summed E-state index contributed by atoms with van der Waals surface area (Å²) in [5.74, 6) is -0.0117. The van der Waals surface area contributed by atoms with Crippen molar-refractivity contribution in [2.24, 2.45) is 17.1 Å². The Bertz CT molecular complexity index is 603. The Morgan fingerprint density at radius 2 is 2.05 bits per heavy atom. The lowest BCUT2D eigenvalue weighted by Gasteiger charge is -2.60. The molecule has 3 atom stereocenters. The number of rotatable bonds is 2. The van der Waals surface area contributed by atoms with Gasteiger partial charge < -0.3 is 10.5 Å². The van der Waals surface area contributed by atoms with Gasteiger partial charge in [-0.1, -0.05) is 13.8 Å². The smallest absolute Gasteiger partial charge is 0.249 e. The average molecular weight is 291 g/mol. The Kier molecular flexibility index (Phi) is 3.04. The van der Waals surface area contributed by atoms with Gasteiger partial charge in [0.25, 0.3) is 0 Å². The number of anilines is 1. The number of hydrogen-bond donors (Lipinski definition) is 2. The Morgan fingerprint density at radius 3 is 2.71 bits per heavy atom. The van der Waals surface area contributed by atoms with Crippen molar-refractivity contribution in [1.82, 2.24) is 15.2 Å². The molecular formula is C14H21N5O2. The molecule has 1 saturated carbocycles. The monoisotopic (exact) mass is 291 g/mol. The average Bonchev–Trinajstić information content (AvgIpc) is 2.90. The summed E-state index contributed by atoms with van der Waals surface area (Å²) in [6.07, 6.45) is 0.858. The minimum Gasteiger partial charge on any atom is -0.377 e. The molecule has 2 fully saturated rings. The summed E-state index contributed by atoms with van der Waals surface area (Å²) >= 11 is 0. The molecular weight excluding hydrogens is 270 g/mol. The quantitative estimate of drug-likeness (QED) is 0.825. The van der Waals surface area contributed by atoms with Crippen molar-refractivity contribution >= 4 is 11.9 Å². The van der Waals surface area contributed by atoms with Crippen LogP contribution in [0.4, 0.5) is 5.95 Å². The van der Waals surface area contributed by atoms with Gasteiger partial charge in [0.15, 0.2) is 0 Å². The van der Waals surface area contributed by atoms with Crippen molar-refractivity contribution < 1.29 is 9.53 Å². The molecule has 0 spiro atoms. The molecule has 3 unspecified atom stereocenters. The highest BCUT2D eigenvalue weighted by Crippen LogP contribution is 2.58. The number of nitrogens with two attached hydrogens (primary N) is 1. The normalized spacial score (nSPS) is 33.2. The van der Waals surface area contributed by atoms with Gasteiger partial charge in [-0.05, 0) is 20.3 Å². The molecule has 0 bridgehead atoms. The van der Waals surface area contributed by atoms with Crippen molar-refractivity contribution in [1.29, 1.82) is 0 Å². The number of aromatic nitrogens is 3. The van der Waals surface area contributed by atoms with Crippen LogP contribution in [0.25, 0.3) is 0 Å². The molecule has 2 heterocycles. The number of nitrogens with one attached hydrogen (secondary N) is 1. The standard InChI is InChI=1S/C14H21N5O2/c1-7-8(2)18-19-12(16-7)17-11(20)14(15)9-5-6-21-10(9)13(14,3)4/h9-10H,5-6,15H2,1-4H3,(H,16,17,19,20). The van der Waals surface area contributed by atoms with Crippen LogP contribution < -0.4 is 11.1 Å². The van der Waals surface area contributed by atoms with Crippen LogP contribution in [-0.2, 0) is 9.53 Å². The van der Waals surface area contributed by atoms with E-state index in [0.717, 1.165) is 17.8 Å². The number of aryl methyl sites for hydroxylation is 2. The van der Waals surface area contributed by atoms with E-state index in [9.17, 15) is 4.79 Å². The second-order valence-corrected chi connectivity index (χ2v) is 6.54. The zero-order chi connectivity index (χ0) is 15.4. The van der Waals surface area contributed by atoms with Crippen LogP contribution in [0, 0.1) is 25.2 Å². The highest BCUT2D eigenvalue weighted by molar-refractivity contribution is 5.99. The minimum absolute atomic E-state index is 0.0482. The maximum atomic E-state index is 12.7. The number of ether oxygens (including phenoxy) is 1. The summed E-state index contributed by atoms with van der Waals surface area (Å²) in [6.45, 7) is 8.25. The van der Waals surface area contributed by atoms with Crippen molar-refractivity contribution in [3.05, 3.63) is 11.4 Å². The number of hydrogen-bond acceptors (Lipinski definition) is 6. The number of carbonyl (C=O) groups is 1. The Morgan fingerprint density at radius 1 is 1.33 bits per heavy atom. The van der Waals surface area contributed by atoms with Gasteiger partial charge in [0.05, 0.1) is 17.5 Å². The van der Waals surface area contributed by atoms with E-state index < -0.39 is 11.0 Å². The molecule has 0 radical (unpaired) electrons. The molecule has 1 amide bonds. The summed E-state index contributed by atoms with van der Waals surface area (Å²) < 4.78 is 5.69. The van der Waals surface area contributed by atoms with Crippen LogP contribution >= 0.6 is 0 Å². The van der Waals surface area contributed by atoms with Gasteiger partial charge in [-0.3, -0.25) is 10.1 Å². The van der Waals surface area contributed by atoms with E-state index in [1.165, 1.54) is 0 Å². The van der Waals surface area contributed by atoms with E-state index in [0.29, 0.717) is 6.61 Å². The van der Waals surface area contributed by atoms with E-state index in [1.54, 1.807) is 0 Å². The van der Waals surface area contributed by atoms with Crippen molar-refractivity contribution in [2.75, 3.05) is 11.9 Å². The Balaban J connectivity index is 1.83. The third kappa shape index (κ3) is 1.80. The van der Waals surface area contributed by atoms with Crippen molar-refractivity contribution in [2.45, 2.75) is 45.8 Å². The molecule has 0 aromatic carbocycles. The number of fused-ring (bicyclic) bond motifs is 1. The topological polar surface area (TPSA) is 103 Å². The van der Waals surface area contributed by atoms with Crippen LogP contribution in [-0.4, -0.2) is 39.3 Å². The molecule has 7 heteroatoms. The van der Waals surface area contributed by atoms with Gasteiger partial charge in [0, 0.05) is 17.9 Å². The summed E-state index contributed by atoms with van der Waals surface area (Å²) in [4.78, 5) is 16.9. The molecule has 1 aromatic rings. The summed E-state index contributed by atoms with van der Waals surface area (Å²) in [5.41, 5.74) is 6.56. The van der Waals surface area contributed by atoms with Gasteiger partial charge >= 0.3 is 0 Å². The van der Waals surface area contributed by atoms with E-state index in [-0.39, 0.29) is 23.9 Å². The fourth-order valence-corrected chi connectivity index (χ4v) is 3.56. The molecule has 2 aliphatic rings. The Labute approximate surface area is 123 Å². The van der Waals surface area contributed by atoms with Gasteiger partial charge in [0.1, 0.15) is 5.54 Å². The lowest BCUT2D eigenvalue weighted by atomic mass is 9.48. The molecule has 3 N–H and O–H groups in total. The lowest BCUT2D eigenvalue weighted by molar-refractivity contribution is -0.170. The zero-order valence-electron chi connectivity index (χ0n) is 12.8.